The van der Waals surface area contributed by atoms with Gasteiger partial charge in [0.2, 0.25) is 11.8 Å². The standard InChI is InChI=1S/C13H16N8O/c1-4-14-5-7-20(6-1)11-3-2-10(22-11)19-13-16-8-15-12-17-9-18-21(12)13/h2-3,8-9,14H,1,4-7H2,(H,15,16,17,18,19). The predicted octanol–water partition coefficient (Wildman–Crippen LogP) is 0.656. The Kier molecular flexibility index (Phi) is 3.31. The minimum Gasteiger partial charge on any atom is -0.425 e. The van der Waals surface area contributed by atoms with Crippen molar-refractivity contribution in [1.82, 2.24) is 29.9 Å². The molecule has 0 radical (unpaired) electrons. The average molecular weight is 300 g/mol. The molecule has 0 spiro atoms. The fourth-order valence-electron chi connectivity index (χ4n) is 2.49. The van der Waals surface area contributed by atoms with Crippen LogP contribution in [0, 0.1) is 0 Å². The normalized spacial score (nSPS) is 15.9. The highest BCUT2D eigenvalue weighted by molar-refractivity contribution is 5.52. The minimum absolute atomic E-state index is 0.489. The van der Waals surface area contributed by atoms with Crippen molar-refractivity contribution >= 4 is 23.5 Å². The second-order valence-electron chi connectivity index (χ2n) is 5.02. The zero-order chi connectivity index (χ0) is 14.8. The third-order valence-electron chi connectivity index (χ3n) is 3.56. The van der Waals surface area contributed by atoms with E-state index in [0.29, 0.717) is 17.6 Å². The number of anilines is 3. The van der Waals surface area contributed by atoms with Crippen LogP contribution < -0.4 is 15.5 Å². The Balaban J connectivity index is 1.55. The summed E-state index contributed by atoms with van der Waals surface area (Å²) in [5.74, 6) is 2.47. The van der Waals surface area contributed by atoms with Gasteiger partial charge in [-0.1, -0.05) is 0 Å². The van der Waals surface area contributed by atoms with E-state index in [9.17, 15) is 0 Å². The van der Waals surface area contributed by atoms with Gasteiger partial charge in [-0.3, -0.25) is 5.32 Å². The lowest BCUT2D eigenvalue weighted by atomic mass is 10.4. The first-order valence-corrected chi connectivity index (χ1v) is 7.23. The molecule has 1 saturated heterocycles. The maximum Gasteiger partial charge on any atom is 0.256 e. The lowest BCUT2D eigenvalue weighted by molar-refractivity contribution is 0.560. The summed E-state index contributed by atoms with van der Waals surface area (Å²) in [6.07, 6.45) is 3.98. The molecule has 0 amide bonds. The van der Waals surface area contributed by atoms with Crippen molar-refractivity contribution in [2.45, 2.75) is 6.42 Å². The summed E-state index contributed by atoms with van der Waals surface area (Å²) < 4.78 is 7.40. The molecule has 0 bridgehead atoms. The molecule has 9 heteroatoms. The number of aromatic nitrogens is 5. The minimum atomic E-state index is 0.489. The number of hydrogen-bond acceptors (Lipinski definition) is 8. The first-order chi connectivity index (χ1) is 10.9. The number of nitrogens with one attached hydrogen (secondary N) is 2. The van der Waals surface area contributed by atoms with Crippen LogP contribution in [0.15, 0.2) is 29.2 Å². The fraction of sp³-hybridized carbons (Fsp3) is 0.385. The number of nitrogens with zero attached hydrogens (tertiary/aromatic N) is 6. The van der Waals surface area contributed by atoms with E-state index in [1.165, 1.54) is 17.2 Å². The van der Waals surface area contributed by atoms with Crippen molar-refractivity contribution in [2.24, 2.45) is 0 Å². The summed E-state index contributed by atoms with van der Waals surface area (Å²) in [6.45, 7) is 3.94. The Bertz CT molecular complexity index is 758. The van der Waals surface area contributed by atoms with Gasteiger partial charge in [0.25, 0.3) is 5.78 Å². The van der Waals surface area contributed by atoms with Crippen LogP contribution in [0.1, 0.15) is 6.42 Å². The van der Waals surface area contributed by atoms with Crippen LogP contribution in [0.25, 0.3) is 5.78 Å². The SMILES string of the molecule is c1nc(Nc2ccc(N3CCCNCC3)o2)n2ncnc2n1. The molecule has 0 aliphatic carbocycles. The van der Waals surface area contributed by atoms with Gasteiger partial charge in [-0.15, -0.1) is 0 Å². The first-order valence-electron chi connectivity index (χ1n) is 7.23. The molecule has 3 aromatic heterocycles. The van der Waals surface area contributed by atoms with Crippen molar-refractivity contribution in [3.8, 4) is 0 Å². The van der Waals surface area contributed by atoms with Gasteiger partial charge in [0, 0.05) is 31.8 Å². The number of furan rings is 1. The Morgan fingerprint density at radius 2 is 2.05 bits per heavy atom. The van der Waals surface area contributed by atoms with Crippen LogP contribution in [0.2, 0.25) is 0 Å². The zero-order valence-electron chi connectivity index (χ0n) is 11.9. The van der Waals surface area contributed by atoms with Crippen molar-refractivity contribution < 1.29 is 4.42 Å². The highest BCUT2D eigenvalue weighted by Crippen LogP contribution is 2.24. The van der Waals surface area contributed by atoms with Gasteiger partial charge in [0.15, 0.2) is 5.88 Å². The summed E-state index contributed by atoms with van der Waals surface area (Å²) in [7, 11) is 0. The van der Waals surface area contributed by atoms with Crippen molar-refractivity contribution in [3.05, 3.63) is 24.8 Å². The molecule has 1 fully saturated rings. The van der Waals surface area contributed by atoms with Gasteiger partial charge in [0.1, 0.15) is 12.7 Å². The first kappa shape index (κ1) is 13.0. The smallest absolute Gasteiger partial charge is 0.256 e. The van der Waals surface area contributed by atoms with E-state index in [1.54, 1.807) is 0 Å². The van der Waals surface area contributed by atoms with Crippen LogP contribution >= 0.6 is 0 Å². The molecule has 0 saturated carbocycles. The molecule has 2 N–H and O–H groups in total. The topological polar surface area (TPSA) is 96.4 Å². The summed E-state index contributed by atoms with van der Waals surface area (Å²) in [6, 6.07) is 3.85. The van der Waals surface area contributed by atoms with Crippen LogP contribution in [-0.2, 0) is 0 Å². The van der Waals surface area contributed by atoms with E-state index in [-0.39, 0.29) is 0 Å². The Hall–Kier alpha value is -2.68. The summed E-state index contributed by atoms with van der Waals surface area (Å²) in [4.78, 5) is 14.4. The van der Waals surface area contributed by atoms with E-state index in [0.717, 1.165) is 38.5 Å². The second kappa shape index (κ2) is 5.60. The molecular formula is C13H16N8O. The Morgan fingerprint density at radius 3 is 3.05 bits per heavy atom. The third kappa shape index (κ3) is 2.46. The molecule has 3 aromatic rings. The quantitative estimate of drug-likeness (QED) is 0.728. The maximum absolute atomic E-state index is 5.87. The van der Waals surface area contributed by atoms with Gasteiger partial charge >= 0.3 is 0 Å². The Morgan fingerprint density at radius 1 is 1.09 bits per heavy atom. The molecule has 0 unspecified atom stereocenters. The molecule has 4 heterocycles. The fourth-order valence-corrected chi connectivity index (χ4v) is 2.49. The van der Waals surface area contributed by atoms with E-state index in [4.69, 9.17) is 4.42 Å². The highest BCUT2D eigenvalue weighted by atomic mass is 16.4. The Labute approximate surface area is 126 Å². The van der Waals surface area contributed by atoms with Crippen molar-refractivity contribution in [3.63, 3.8) is 0 Å². The van der Waals surface area contributed by atoms with Crippen molar-refractivity contribution in [1.29, 1.82) is 0 Å². The van der Waals surface area contributed by atoms with Gasteiger partial charge < -0.3 is 14.6 Å². The van der Waals surface area contributed by atoms with E-state index in [1.807, 2.05) is 12.1 Å². The number of rotatable bonds is 3. The summed E-state index contributed by atoms with van der Waals surface area (Å²) >= 11 is 0. The van der Waals surface area contributed by atoms with Gasteiger partial charge in [-0.2, -0.15) is 19.6 Å². The zero-order valence-corrected chi connectivity index (χ0v) is 11.9. The number of fused-ring (bicyclic) bond motifs is 1. The largest absolute Gasteiger partial charge is 0.425 e. The highest BCUT2D eigenvalue weighted by Gasteiger charge is 2.14. The predicted molar refractivity (Wildman–Crippen MR) is 80.3 cm³/mol. The van der Waals surface area contributed by atoms with Gasteiger partial charge in [-0.05, 0) is 13.0 Å². The lowest BCUT2D eigenvalue weighted by Crippen LogP contribution is -2.27. The maximum atomic E-state index is 5.87. The number of hydrogen-bond donors (Lipinski definition) is 2. The molecule has 22 heavy (non-hydrogen) atoms. The van der Waals surface area contributed by atoms with E-state index in [2.05, 4.69) is 35.6 Å². The monoisotopic (exact) mass is 300 g/mol. The lowest BCUT2D eigenvalue weighted by Gasteiger charge is -2.18. The summed E-state index contributed by atoms with van der Waals surface area (Å²) in [5, 5.41) is 10.6. The van der Waals surface area contributed by atoms with Crippen LogP contribution in [-0.4, -0.2) is 50.7 Å². The molecule has 1 aliphatic rings. The molecule has 1 aliphatic heterocycles. The van der Waals surface area contributed by atoms with Crippen molar-refractivity contribution in [2.75, 3.05) is 36.4 Å². The molecule has 0 atom stereocenters. The molecular weight excluding hydrogens is 284 g/mol. The van der Waals surface area contributed by atoms with Crippen LogP contribution in [0.5, 0.6) is 0 Å². The van der Waals surface area contributed by atoms with Gasteiger partial charge in [-0.25, -0.2) is 4.98 Å². The van der Waals surface area contributed by atoms with Crippen LogP contribution in [0.3, 0.4) is 0 Å². The second-order valence-corrected chi connectivity index (χ2v) is 5.02. The molecule has 0 aromatic carbocycles. The molecule has 4 rings (SSSR count). The molecule has 9 nitrogen and oxygen atoms in total. The molecule has 114 valence electrons. The van der Waals surface area contributed by atoms with E-state index >= 15 is 0 Å². The van der Waals surface area contributed by atoms with Gasteiger partial charge in [0.05, 0.1) is 0 Å². The van der Waals surface area contributed by atoms with Crippen LogP contribution in [0.4, 0.5) is 17.7 Å². The average Bonchev–Trinajstić information content (AvgIpc) is 3.11. The third-order valence-corrected chi connectivity index (χ3v) is 3.56. The summed E-state index contributed by atoms with van der Waals surface area (Å²) in [5.41, 5.74) is 0. The van der Waals surface area contributed by atoms with E-state index < -0.39 is 0 Å².